The number of rotatable bonds is 5. The monoisotopic (exact) mass is 696 g/mol. The Morgan fingerprint density at radius 3 is 1.85 bits per heavy atom. The third-order valence-corrected chi connectivity index (χ3v) is 11.3. The number of benzene rings is 7. The molecule has 1 aliphatic heterocycles. The third kappa shape index (κ3) is 4.86. The van der Waals surface area contributed by atoms with Gasteiger partial charge in [0.1, 0.15) is 11.5 Å². The van der Waals surface area contributed by atoms with Gasteiger partial charge >= 0.3 is 0 Å². The van der Waals surface area contributed by atoms with Crippen molar-refractivity contribution in [1.29, 1.82) is 5.26 Å². The van der Waals surface area contributed by atoms with Crippen molar-refractivity contribution in [3.05, 3.63) is 198 Å². The third-order valence-electron chi connectivity index (χ3n) is 10.1. The van der Waals surface area contributed by atoms with Gasteiger partial charge in [0.25, 0.3) is 0 Å². The molecule has 5 nitrogen and oxygen atoms in total. The first-order chi connectivity index (χ1) is 26.2. The highest BCUT2D eigenvalue weighted by atomic mass is 32.1. The Hall–Kier alpha value is -6.94. The minimum atomic E-state index is -0.683. The number of aromatic nitrogens is 3. The molecule has 0 N–H and O–H groups in total. The van der Waals surface area contributed by atoms with Crippen LogP contribution in [0.2, 0.25) is 0 Å². The Labute approximate surface area is 310 Å². The van der Waals surface area contributed by atoms with Crippen LogP contribution in [0, 0.1) is 11.3 Å². The summed E-state index contributed by atoms with van der Waals surface area (Å²) in [7, 11) is 0. The van der Waals surface area contributed by atoms with Crippen molar-refractivity contribution < 1.29 is 4.74 Å². The lowest BCUT2D eigenvalue weighted by Gasteiger charge is -2.42. The van der Waals surface area contributed by atoms with Crippen LogP contribution in [0.15, 0.2) is 170 Å². The van der Waals surface area contributed by atoms with Crippen LogP contribution in [0.25, 0.3) is 54.3 Å². The molecule has 2 aromatic heterocycles. The highest BCUT2D eigenvalue weighted by molar-refractivity contribution is 7.26. The zero-order valence-electron chi connectivity index (χ0n) is 28.3. The van der Waals surface area contributed by atoms with Crippen LogP contribution in [-0.2, 0) is 5.41 Å². The van der Waals surface area contributed by atoms with Crippen LogP contribution >= 0.6 is 11.3 Å². The number of hydrogen-bond acceptors (Lipinski definition) is 6. The molecule has 1 aliphatic rings. The lowest BCUT2D eigenvalue weighted by atomic mass is 9.63. The van der Waals surface area contributed by atoms with Gasteiger partial charge in [-0.1, -0.05) is 121 Å². The molecule has 248 valence electrons. The van der Waals surface area contributed by atoms with Crippen LogP contribution in [-0.4, -0.2) is 15.0 Å². The summed E-state index contributed by atoms with van der Waals surface area (Å²) in [5, 5.41) is 11.9. The normalized spacial score (nSPS) is 12.8. The van der Waals surface area contributed by atoms with E-state index in [1.807, 2.05) is 30.3 Å². The molecular weight excluding hydrogens is 669 g/mol. The van der Waals surface area contributed by atoms with Crippen molar-refractivity contribution in [3.63, 3.8) is 0 Å². The average molecular weight is 697 g/mol. The highest BCUT2D eigenvalue weighted by Gasteiger charge is 2.46. The fourth-order valence-electron chi connectivity index (χ4n) is 7.77. The van der Waals surface area contributed by atoms with Gasteiger partial charge in [0.2, 0.25) is 0 Å². The fraction of sp³-hybridized carbons (Fsp3) is 0.0213. The number of nitriles is 1. The van der Waals surface area contributed by atoms with E-state index in [-0.39, 0.29) is 0 Å². The summed E-state index contributed by atoms with van der Waals surface area (Å²) in [6.07, 6.45) is 0. The zero-order chi connectivity index (χ0) is 35.4. The van der Waals surface area contributed by atoms with Gasteiger partial charge in [0, 0.05) is 42.4 Å². The quantitative estimate of drug-likeness (QED) is 0.179. The standard InChI is InChI=1S/C47H28N4OS/c48-29-30-25-27-31(28-26-30)44-49-45(51-46(50-44)37-20-11-18-35-34-17-7-10-24-41(34)53-43(35)37)36-19-12-22-39-42(36)52-40-23-9-8-21-38(40)47(39,32-13-3-1-4-14-32)33-15-5-2-6-16-33/h1-28H. The molecule has 0 aliphatic carbocycles. The molecule has 10 rings (SSSR count). The van der Waals surface area contributed by atoms with E-state index >= 15 is 0 Å². The molecule has 0 saturated heterocycles. The Balaban J connectivity index is 1.26. The zero-order valence-corrected chi connectivity index (χ0v) is 29.1. The molecule has 7 aromatic carbocycles. The first-order valence-electron chi connectivity index (χ1n) is 17.4. The lowest BCUT2D eigenvalue weighted by molar-refractivity contribution is 0.436. The summed E-state index contributed by atoms with van der Waals surface area (Å²) in [6.45, 7) is 0. The fourth-order valence-corrected chi connectivity index (χ4v) is 8.98. The van der Waals surface area contributed by atoms with E-state index in [9.17, 15) is 5.26 Å². The maximum Gasteiger partial charge on any atom is 0.167 e. The molecular formula is C47H28N4OS. The van der Waals surface area contributed by atoms with Crippen molar-refractivity contribution in [2.24, 2.45) is 0 Å². The number of nitrogens with zero attached hydrogens (tertiary/aromatic N) is 4. The molecule has 0 fully saturated rings. The minimum absolute atomic E-state index is 0.499. The van der Waals surface area contributed by atoms with E-state index in [0.717, 1.165) is 54.8 Å². The predicted octanol–water partition coefficient (Wildman–Crippen LogP) is 11.6. The Morgan fingerprint density at radius 2 is 1.09 bits per heavy atom. The molecule has 53 heavy (non-hydrogen) atoms. The van der Waals surface area contributed by atoms with E-state index in [1.54, 1.807) is 23.5 Å². The molecule has 0 radical (unpaired) electrons. The van der Waals surface area contributed by atoms with Gasteiger partial charge < -0.3 is 4.74 Å². The number of thiophene rings is 1. The molecule has 0 amide bonds. The van der Waals surface area contributed by atoms with E-state index in [1.165, 1.54) is 10.1 Å². The van der Waals surface area contributed by atoms with Crippen LogP contribution in [0.5, 0.6) is 11.5 Å². The summed E-state index contributed by atoms with van der Waals surface area (Å²) in [5.74, 6) is 3.05. The molecule has 6 heteroatoms. The van der Waals surface area contributed by atoms with Crippen molar-refractivity contribution in [3.8, 4) is 51.7 Å². The molecule has 0 unspecified atom stereocenters. The first-order valence-corrected chi connectivity index (χ1v) is 18.2. The Bertz CT molecular complexity index is 2840. The van der Waals surface area contributed by atoms with Crippen LogP contribution in [0.4, 0.5) is 0 Å². The van der Waals surface area contributed by atoms with Gasteiger partial charge in [0.15, 0.2) is 17.5 Å². The summed E-state index contributed by atoms with van der Waals surface area (Å²) in [4.78, 5) is 15.5. The molecule has 9 aromatic rings. The predicted molar refractivity (Wildman–Crippen MR) is 212 cm³/mol. The van der Waals surface area contributed by atoms with Crippen LogP contribution < -0.4 is 4.74 Å². The molecule has 3 heterocycles. The smallest absolute Gasteiger partial charge is 0.167 e. The van der Waals surface area contributed by atoms with Crippen molar-refractivity contribution in [2.45, 2.75) is 5.41 Å². The van der Waals surface area contributed by atoms with Gasteiger partial charge in [-0.15, -0.1) is 11.3 Å². The second-order valence-corrected chi connectivity index (χ2v) is 14.1. The molecule has 0 spiro atoms. The van der Waals surface area contributed by atoms with Crippen LogP contribution in [0.3, 0.4) is 0 Å². The number of para-hydroxylation sites is 2. The number of hydrogen-bond donors (Lipinski definition) is 0. The first kappa shape index (κ1) is 30.8. The van der Waals surface area contributed by atoms with Gasteiger partial charge in [-0.2, -0.15) is 5.26 Å². The Morgan fingerprint density at radius 1 is 0.509 bits per heavy atom. The molecule has 0 saturated carbocycles. The maximum atomic E-state index is 9.53. The van der Waals surface area contributed by atoms with Gasteiger partial charge in [-0.25, -0.2) is 15.0 Å². The molecule has 0 atom stereocenters. The van der Waals surface area contributed by atoms with Gasteiger partial charge in [-0.05, 0) is 59.7 Å². The average Bonchev–Trinajstić information content (AvgIpc) is 3.62. The van der Waals surface area contributed by atoms with E-state index in [2.05, 4.69) is 133 Å². The van der Waals surface area contributed by atoms with Crippen molar-refractivity contribution in [2.75, 3.05) is 0 Å². The van der Waals surface area contributed by atoms with E-state index in [4.69, 9.17) is 19.7 Å². The van der Waals surface area contributed by atoms with Crippen molar-refractivity contribution in [1.82, 2.24) is 15.0 Å². The summed E-state index contributed by atoms with van der Waals surface area (Å²) < 4.78 is 9.28. The summed E-state index contributed by atoms with van der Waals surface area (Å²) >= 11 is 1.74. The van der Waals surface area contributed by atoms with E-state index < -0.39 is 5.41 Å². The van der Waals surface area contributed by atoms with Gasteiger partial charge in [-0.3, -0.25) is 0 Å². The summed E-state index contributed by atoms with van der Waals surface area (Å²) in [6, 6.07) is 60.2. The molecule has 0 bridgehead atoms. The maximum absolute atomic E-state index is 9.53. The second kappa shape index (κ2) is 12.4. The highest BCUT2D eigenvalue weighted by Crippen LogP contribution is 2.57. The number of fused-ring (bicyclic) bond motifs is 5. The van der Waals surface area contributed by atoms with E-state index in [0.29, 0.717) is 28.8 Å². The van der Waals surface area contributed by atoms with Gasteiger partial charge in [0.05, 0.1) is 22.6 Å². The number of ether oxygens (including phenoxy) is 1. The minimum Gasteiger partial charge on any atom is -0.456 e. The Kier molecular flexibility index (Phi) is 7.21. The SMILES string of the molecule is N#Cc1ccc(-c2nc(-c3cccc4c3Oc3ccccc3C4(c3ccccc3)c3ccccc3)nc(-c3cccc4c3sc3ccccc34)n2)cc1. The van der Waals surface area contributed by atoms with Crippen LogP contribution in [0.1, 0.15) is 27.8 Å². The topological polar surface area (TPSA) is 71.7 Å². The van der Waals surface area contributed by atoms with Crippen molar-refractivity contribution >= 4 is 31.5 Å². The largest absolute Gasteiger partial charge is 0.456 e. The summed E-state index contributed by atoms with van der Waals surface area (Å²) in [5.41, 5.74) is 6.69. The lowest BCUT2D eigenvalue weighted by Crippen LogP contribution is -2.34. The second-order valence-electron chi connectivity index (χ2n) is 13.0.